The van der Waals surface area contributed by atoms with Gasteiger partial charge in [0.05, 0.1) is 36.0 Å². The highest BCUT2D eigenvalue weighted by atomic mass is 32.2. The van der Waals surface area contributed by atoms with Crippen LogP contribution in [0.2, 0.25) is 0 Å². The first-order valence-electron chi connectivity index (χ1n) is 10.6. The number of anilines is 3. The number of nitrogens with one attached hydrogen (secondary N) is 2. The first-order chi connectivity index (χ1) is 15.0. The molecule has 2 aliphatic heterocycles. The molecule has 0 atom stereocenters. The average Bonchev–Trinajstić information content (AvgIpc) is 3.33. The Morgan fingerprint density at radius 1 is 0.968 bits per heavy atom. The summed E-state index contributed by atoms with van der Waals surface area (Å²) in [6.45, 7) is 3.36. The molecule has 2 aliphatic rings. The van der Waals surface area contributed by atoms with Crippen molar-refractivity contribution in [2.75, 3.05) is 61.5 Å². The van der Waals surface area contributed by atoms with Crippen molar-refractivity contribution in [3.63, 3.8) is 0 Å². The van der Waals surface area contributed by atoms with Crippen LogP contribution in [-0.2, 0) is 19.6 Å². The Labute approximate surface area is 183 Å². The highest BCUT2D eigenvalue weighted by Crippen LogP contribution is 2.32. The number of morpholine rings is 1. The molecule has 9 heteroatoms. The number of amides is 1. The lowest BCUT2D eigenvalue weighted by molar-refractivity contribution is -0.114. The lowest BCUT2D eigenvalue weighted by Crippen LogP contribution is -2.40. The van der Waals surface area contributed by atoms with Crippen LogP contribution in [0, 0.1) is 0 Å². The Morgan fingerprint density at radius 3 is 2.39 bits per heavy atom. The smallest absolute Gasteiger partial charge is 0.243 e. The summed E-state index contributed by atoms with van der Waals surface area (Å²) >= 11 is 0. The van der Waals surface area contributed by atoms with Crippen LogP contribution in [0.5, 0.6) is 0 Å². The molecule has 8 nitrogen and oxygen atoms in total. The van der Waals surface area contributed by atoms with E-state index in [1.807, 2.05) is 36.4 Å². The fourth-order valence-electron chi connectivity index (χ4n) is 3.89. The van der Waals surface area contributed by atoms with E-state index >= 15 is 0 Å². The summed E-state index contributed by atoms with van der Waals surface area (Å²) in [5.41, 5.74) is 2.29. The molecule has 0 radical (unpaired) electrons. The second-order valence-electron chi connectivity index (χ2n) is 7.66. The lowest BCUT2D eigenvalue weighted by Gasteiger charge is -2.27. The number of hydrogen-bond acceptors (Lipinski definition) is 6. The summed E-state index contributed by atoms with van der Waals surface area (Å²) in [4.78, 5) is 14.9. The molecule has 4 rings (SSSR count). The van der Waals surface area contributed by atoms with Crippen LogP contribution in [0.15, 0.2) is 53.4 Å². The van der Waals surface area contributed by atoms with Gasteiger partial charge in [0, 0.05) is 31.9 Å². The van der Waals surface area contributed by atoms with Gasteiger partial charge in [-0.15, -0.1) is 0 Å². The predicted octanol–water partition coefficient (Wildman–Crippen LogP) is 2.36. The van der Waals surface area contributed by atoms with Gasteiger partial charge in [-0.25, -0.2) is 8.42 Å². The maximum Gasteiger partial charge on any atom is 0.243 e. The molecule has 2 heterocycles. The van der Waals surface area contributed by atoms with Crippen LogP contribution in [0.3, 0.4) is 0 Å². The largest absolute Gasteiger partial charge is 0.379 e. The third kappa shape index (κ3) is 5.17. The number of para-hydroxylation sites is 1. The third-order valence-corrected chi connectivity index (χ3v) is 7.41. The molecule has 0 aromatic heterocycles. The Balaban J connectivity index is 1.54. The molecule has 2 fully saturated rings. The zero-order valence-electron chi connectivity index (χ0n) is 17.4. The maximum absolute atomic E-state index is 13.1. The fraction of sp³-hybridized carbons (Fsp3) is 0.409. The van der Waals surface area contributed by atoms with Crippen molar-refractivity contribution in [2.24, 2.45) is 0 Å². The molecule has 2 saturated heterocycles. The van der Waals surface area contributed by atoms with Crippen molar-refractivity contribution in [3.8, 4) is 0 Å². The van der Waals surface area contributed by atoms with Crippen molar-refractivity contribution in [1.82, 2.24) is 4.31 Å². The van der Waals surface area contributed by atoms with Gasteiger partial charge in [-0.1, -0.05) is 18.2 Å². The van der Waals surface area contributed by atoms with Gasteiger partial charge in [0.2, 0.25) is 15.9 Å². The summed E-state index contributed by atoms with van der Waals surface area (Å²) < 4.78 is 32.9. The molecule has 166 valence electrons. The van der Waals surface area contributed by atoms with Gasteiger partial charge >= 0.3 is 0 Å². The number of nitrogens with zero attached hydrogens (tertiary/aromatic N) is 2. The van der Waals surface area contributed by atoms with Crippen molar-refractivity contribution in [1.29, 1.82) is 0 Å². The maximum atomic E-state index is 13.1. The average molecular weight is 445 g/mol. The first kappa shape index (κ1) is 21.6. The van der Waals surface area contributed by atoms with Gasteiger partial charge in [-0.05, 0) is 43.2 Å². The third-order valence-electron chi connectivity index (χ3n) is 5.52. The van der Waals surface area contributed by atoms with E-state index in [1.165, 1.54) is 4.31 Å². The SMILES string of the molecule is O=C(CNc1cc(S(=O)(=O)N2CCOCC2)ccc1N1CCCC1)Nc1ccccc1. The van der Waals surface area contributed by atoms with E-state index < -0.39 is 10.0 Å². The minimum Gasteiger partial charge on any atom is -0.379 e. The molecule has 0 saturated carbocycles. The Hall–Kier alpha value is -2.62. The van der Waals surface area contributed by atoms with Crippen molar-refractivity contribution >= 4 is 33.0 Å². The molecule has 0 spiro atoms. The van der Waals surface area contributed by atoms with E-state index in [2.05, 4.69) is 15.5 Å². The van der Waals surface area contributed by atoms with Crippen LogP contribution < -0.4 is 15.5 Å². The summed E-state index contributed by atoms with van der Waals surface area (Å²) in [7, 11) is -3.62. The minimum atomic E-state index is -3.62. The van der Waals surface area contributed by atoms with Crippen LogP contribution in [0.4, 0.5) is 17.1 Å². The summed E-state index contributed by atoms with van der Waals surface area (Å²) in [5, 5.41) is 6.01. The van der Waals surface area contributed by atoms with Gasteiger partial charge in [-0.3, -0.25) is 4.79 Å². The number of carbonyl (C=O) groups excluding carboxylic acids is 1. The van der Waals surface area contributed by atoms with E-state index in [0.717, 1.165) is 37.3 Å². The molecule has 0 aliphatic carbocycles. The number of benzene rings is 2. The highest BCUT2D eigenvalue weighted by Gasteiger charge is 2.28. The molecule has 31 heavy (non-hydrogen) atoms. The Kier molecular flexibility index (Phi) is 6.74. The van der Waals surface area contributed by atoms with E-state index in [-0.39, 0.29) is 17.3 Å². The van der Waals surface area contributed by atoms with Gasteiger partial charge in [0.15, 0.2) is 0 Å². The molecule has 2 aromatic rings. The van der Waals surface area contributed by atoms with Gasteiger partial charge in [-0.2, -0.15) is 4.31 Å². The van der Waals surface area contributed by atoms with Crippen LogP contribution in [0.25, 0.3) is 0 Å². The minimum absolute atomic E-state index is 0.0385. The molecule has 2 aromatic carbocycles. The van der Waals surface area contributed by atoms with Crippen molar-refractivity contribution in [2.45, 2.75) is 17.7 Å². The summed E-state index contributed by atoms with van der Waals surface area (Å²) in [6.07, 6.45) is 2.20. The highest BCUT2D eigenvalue weighted by molar-refractivity contribution is 7.89. The van der Waals surface area contributed by atoms with E-state index in [0.29, 0.717) is 32.0 Å². The quantitative estimate of drug-likeness (QED) is 0.681. The number of hydrogen-bond donors (Lipinski definition) is 2. The molecule has 1 amide bonds. The van der Waals surface area contributed by atoms with Gasteiger partial charge in [0.1, 0.15) is 0 Å². The zero-order valence-corrected chi connectivity index (χ0v) is 18.2. The van der Waals surface area contributed by atoms with Crippen LogP contribution >= 0.6 is 0 Å². The fourth-order valence-corrected chi connectivity index (χ4v) is 5.32. The van der Waals surface area contributed by atoms with E-state index in [9.17, 15) is 13.2 Å². The van der Waals surface area contributed by atoms with Crippen LogP contribution in [0.1, 0.15) is 12.8 Å². The number of carbonyl (C=O) groups is 1. The van der Waals surface area contributed by atoms with Crippen molar-refractivity contribution in [3.05, 3.63) is 48.5 Å². The number of rotatable bonds is 7. The Morgan fingerprint density at radius 2 is 1.68 bits per heavy atom. The number of sulfonamides is 1. The van der Waals surface area contributed by atoms with E-state index in [1.54, 1.807) is 12.1 Å². The second kappa shape index (κ2) is 9.67. The predicted molar refractivity (Wildman–Crippen MR) is 121 cm³/mol. The van der Waals surface area contributed by atoms with Gasteiger partial charge in [0.25, 0.3) is 0 Å². The molecular formula is C22H28N4O4S. The van der Waals surface area contributed by atoms with Crippen LogP contribution in [-0.4, -0.2) is 64.6 Å². The first-order valence-corrected chi connectivity index (χ1v) is 12.0. The number of ether oxygens (including phenoxy) is 1. The molecule has 0 unspecified atom stereocenters. The van der Waals surface area contributed by atoms with Crippen molar-refractivity contribution < 1.29 is 17.9 Å². The Bertz CT molecular complexity index is 1000. The molecule has 2 N–H and O–H groups in total. The van der Waals surface area contributed by atoms with E-state index in [4.69, 9.17) is 4.74 Å². The standard InChI is InChI=1S/C22H28N4O4S/c27-22(24-18-6-2-1-3-7-18)17-23-20-16-19(8-9-21(20)25-10-4-5-11-25)31(28,29)26-12-14-30-15-13-26/h1-3,6-9,16,23H,4-5,10-15,17H2,(H,24,27). The summed E-state index contributed by atoms with van der Waals surface area (Å²) in [6, 6.07) is 14.4. The zero-order chi connectivity index (χ0) is 21.7. The van der Waals surface area contributed by atoms with Gasteiger partial charge < -0.3 is 20.3 Å². The molecule has 0 bridgehead atoms. The normalized spacial score (nSPS) is 17.5. The summed E-state index contributed by atoms with van der Waals surface area (Å²) in [5.74, 6) is -0.194. The molecular weight excluding hydrogens is 416 g/mol. The topological polar surface area (TPSA) is 91.0 Å². The second-order valence-corrected chi connectivity index (χ2v) is 9.60. The monoisotopic (exact) mass is 444 g/mol. The lowest BCUT2D eigenvalue weighted by atomic mass is 10.2.